The number of benzene rings is 1. The molecule has 3 nitrogen and oxygen atoms in total. The fraction of sp³-hybridized carbons (Fsp3) is 0.571. The minimum Gasteiger partial charge on any atom is -0.491 e. The molecular formula is C14H20F3NO2. The van der Waals surface area contributed by atoms with Crippen molar-refractivity contribution in [2.75, 3.05) is 19.7 Å². The number of aliphatic hydroxyl groups excluding tert-OH is 1. The number of aliphatic hydroxyl groups is 1. The van der Waals surface area contributed by atoms with Gasteiger partial charge in [-0.2, -0.15) is 13.2 Å². The molecule has 1 aromatic carbocycles. The molecule has 0 aromatic heterocycles. The summed E-state index contributed by atoms with van der Waals surface area (Å²) < 4.78 is 41.0. The lowest BCUT2D eigenvalue weighted by Crippen LogP contribution is -2.33. The smallest absolute Gasteiger partial charge is 0.390 e. The van der Waals surface area contributed by atoms with Gasteiger partial charge in [-0.15, -0.1) is 0 Å². The summed E-state index contributed by atoms with van der Waals surface area (Å²) >= 11 is 0. The van der Waals surface area contributed by atoms with Gasteiger partial charge in [-0.05, 0) is 24.1 Å². The molecule has 0 saturated heterocycles. The fourth-order valence-electron chi connectivity index (χ4n) is 1.57. The van der Waals surface area contributed by atoms with E-state index in [1.165, 1.54) is 5.56 Å². The molecule has 1 atom stereocenters. The maximum Gasteiger partial charge on any atom is 0.390 e. The second-order valence-corrected chi connectivity index (χ2v) is 4.53. The topological polar surface area (TPSA) is 41.5 Å². The van der Waals surface area contributed by atoms with Gasteiger partial charge in [0.2, 0.25) is 0 Å². The zero-order chi connectivity index (χ0) is 15.0. The van der Waals surface area contributed by atoms with Crippen LogP contribution in [-0.2, 0) is 6.42 Å². The summed E-state index contributed by atoms with van der Waals surface area (Å²) in [5.74, 6) is 0.636. The van der Waals surface area contributed by atoms with Crippen molar-refractivity contribution in [2.24, 2.45) is 0 Å². The van der Waals surface area contributed by atoms with Crippen molar-refractivity contribution < 1.29 is 23.0 Å². The Bertz CT molecular complexity index is 379. The van der Waals surface area contributed by atoms with Gasteiger partial charge in [-0.25, -0.2) is 0 Å². The van der Waals surface area contributed by atoms with Crippen molar-refractivity contribution in [2.45, 2.75) is 32.0 Å². The van der Waals surface area contributed by atoms with Gasteiger partial charge < -0.3 is 15.2 Å². The molecule has 0 aliphatic carbocycles. The number of rotatable bonds is 8. The van der Waals surface area contributed by atoms with Crippen LogP contribution >= 0.6 is 0 Å². The highest BCUT2D eigenvalue weighted by Crippen LogP contribution is 2.18. The molecule has 114 valence electrons. The Morgan fingerprint density at radius 2 is 1.90 bits per heavy atom. The van der Waals surface area contributed by atoms with Crippen molar-refractivity contribution >= 4 is 0 Å². The second kappa shape index (κ2) is 8.11. The van der Waals surface area contributed by atoms with E-state index in [-0.39, 0.29) is 19.7 Å². The molecule has 0 aliphatic rings. The maximum atomic E-state index is 11.9. The first-order valence-electron chi connectivity index (χ1n) is 6.58. The maximum absolute atomic E-state index is 11.9. The van der Waals surface area contributed by atoms with E-state index >= 15 is 0 Å². The summed E-state index contributed by atoms with van der Waals surface area (Å²) in [4.78, 5) is 0. The Kier molecular flexibility index (Phi) is 6.81. The molecule has 0 radical (unpaired) electrons. The Balaban J connectivity index is 2.17. The van der Waals surface area contributed by atoms with Gasteiger partial charge in [-0.3, -0.25) is 0 Å². The first-order valence-corrected chi connectivity index (χ1v) is 6.58. The summed E-state index contributed by atoms with van der Waals surface area (Å²) in [6, 6.07) is 7.48. The van der Waals surface area contributed by atoms with Crippen LogP contribution in [0.25, 0.3) is 0 Å². The van der Waals surface area contributed by atoms with Gasteiger partial charge in [-0.1, -0.05) is 19.1 Å². The third kappa shape index (κ3) is 7.35. The summed E-state index contributed by atoms with van der Waals surface area (Å²) in [5, 5.41) is 12.1. The van der Waals surface area contributed by atoms with Gasteiger partial charge in [0, 0.05) is 13.1 Å². The van der Waals surface area contributed by atoms with Crippen molar-refractivity contribution in [3.05, 3.63) is 29.8 Å². The highest BCUT2D eigenvalue weighted by Gasteiger charge is 2.26. The van der Waals surface area contributed by atoms with Crippen molar-refractivity contribution in [1.29, 1.82) is 0 Å². The summed E-state index contributed by atoms with van der Waals surface area (Å²) in [5.41, 5.74) is 1.19. The first kappa shape index (κ1) is 16.8. The molecule has 0 aliphatic heterocycles. The molecule has 1 unspecified atom stereocenters. The van der Waals surface area contributed by atoms with Crippen LogP contribution in [0.5, 0.6) is 5.75 Å². The fourth-order valence-corrected chi connectivity index (χ4v) is 1.57. The Morgan fingerprint density at radius 1 is 1.25 bits per heavy atom. The highest BCUT2D eigenvalue weighted by molar-refractivity contribution is 5.27. The van der Waals surface area contributed by atoms with Crippen molar-refractivity contribution in [3.63, 3.8) is 0 Å². The van der Waals surface area contributed by atoms with Crippen molar-refractivity contribution in [1.82, 2.24) is 5.32 Å². The lowest BCUT2D eigenvalue weighted by Gasteiger charge is -2.14. The SMILES string of the molecule is CCc1ccc(OCC(O)CNCCC(F)(F)F)cc1. The molecule has 0 fully saturated rings. The predicted octanol–water partition coefficient (Wildman–Crippen LogP) is 2.53. The Morgan fingerprint density at radius 3 is 2.45 bits per heavy atom. The van der Waals surface area contributed by atoms with Crippen LogP contribution in [0.15, 0.2) is 24.3 Å². The zero-order valence-corrected chi connectivity index (χ0v) is 11.4. The minimum atomic E-state index is -4.17. The van der Waals surface area contributed by atoms with E-state index in [1.54, 1.807) is 0 Å². The number of halogens is 3. The molecule has 6 heteroatoms. The van der Waals surface area contributed by atoms with E-state index in [0.717, 1.165) is 6.42 Å². The highest BCUT2D eigenvalue weighted by atomic mass is 19.4. The van der Waals surface area contributed by atoms with E-state index in [1.807, 2.05) is 31.2 Å². The number of aryl methyl sites for hydroxylation is 1. The molecule has 20 heavy (non-hydrogen) atoms. The van der Waals surface area contributed by atoms with Gasteiger partial charge in [0.15, 0.2) is 0 Å². The van der Waals surface area contributed by atoms with Crippen LogP contribution < -0.4 is 10.1 Å². The largest absolute Gasteiger partial charge is 0.491 e. The lowest BCUT2D eigenvalue weighted by atomic mass is 10.2. The van der Waals surface area contributed by atoms with E-state index in [4.69, 9.17) is 4.74 Å². The van der Waals surface area contributed by atoms with Crippen LogP contribution in [0.4, 0.5) is 13.2 Å². The van der Waals surface area contributed by atoms with Crippen LogP contribution in [0.1, 0.15) is 18.9 Å². The quantitative estimate of drug-likeness (QED) is 0.723. The van der Waals surface area contributed by atoms with Gasteiger partial charge in [0.05, 0.1) is 6.42 Å². The lowest BCUT2D eigenvalue weighted by molar-refractivity contribution is -0.133. The van der Waals surface area contributed by atoms with E-state index < -0.39 is 18.7 Å². The molecule has 0 bridgehead atoms. The average molecular weight is 291 g/mol. The summed E-state index contributed by atoms with van der Waals surface area (Å²) in [6.45, 7) is 1.96. The molecule has 0 heterocycles. The van der Waals surface area contributed by atoms with Crippen LogP contribution in [0, 0.1) is 0 Å². The van der Waals surface area contributed by atoms with Gasteiger partial charge in [0.25, 0.3) is 0 Å². The average Bonchev–Trinajstić information content (AvgIpc) is 2.41. The molecule has 1 rings (SSSR count). The van der Waals surface area contributed by atoms with E-state index in [9.17, 15) is 18.3 Å². The van der Waals surface area contributed by atoms with Gasteiger partial charge in [0.1, 0.15) is 18.5 Å². The Labute approximate surface area is 116 Å². The monoisotopic (exact) mass is 291 g/mol. The van der Waals surface area contributed by atoms with E-state index in [2.05, 4.69) is 5.32 Å². The first-order chi connectivity index (χ1) is 9.40. The molecular weight excluding hydrogens is 271 g/mol. The number of hydrogen-bond acceptors (Lipinski definition) is 3. The molecule has 0 amide bonds. The van der Waals surface area contributed by atoms with Gasteiger partial charge >= 0.3 is 6.18 Å². The predicted molar refractivity (Wildman–Crippen MR) is 70.9 cm³/mol. The number of hydrogen-bond donors (Lipinski definition) is 2. The number of ether oxygens (including phenoxy) is 1. The molecule has 1 aromatic rings. The molecule has 2 N–H and O–H groups in total. The molecule has 0 spiro atoms. The van der Waals surface area contributed by atoms with Crippen LogP contribution in [-0.4, -0.2) is 37.1 Å². The number of alkyl halides is 3. The molecule has 0 saturated carbocycles. The van der Waals surface area contributed by atoms with Crippen molar-refractivity contribution in [3.8, 4) is 5.75 Å². The van der Waals surface area contributed by atoms with Crippen LogP contribution in [0.3, 0.4) is 0 Å². The summed E-state index contributed by atoms with van der Waals surface area (Å²) in [7, 11) is 0. The number of nitrogens with one attached hydrogen (secondary N) is 1. The standard InChI is InChI=1S/C14H20F3NO2/c1-2-11-3-5-13(6-4-11)20-10-12(19)9-18-8-7-14(15,16)17/h3-6,12,18-19H,2,7-10H2,1H3. The zero-order valence-electron chi connectivity index (χ0n) is 11.4. The normalized spacial score (nSPS) is 13.2. The Hall–Kier alpha value is -1.27. The minimum absolute atomic E-state index is 0.0461. The van der Waals surface area contributed by atoms with E-state index in [0.29, 0.717) is 5.75 Å². The third-order valence-corrected chi connectivity index (χ3v) is 2.74. The van der Waals surface area contributed by atoms with Crippen LogP contribution in [0.2, 0.25) is 0 Å². The third-order valence-electron chi connectivity index (χ3n) is 2.74. The second-order valence-electron chi connectivity index (χ2n) is 4.53. The summed E-state index contributed by atoms with van der Waals surface area (Å²) in [6.07, 6.45) is -4.98.